The number of furan rings is 1. The number of imidazole rings is 1. The van der Waals surface area contributed by atoms with Crippen molar-refractivity contribution in [3.05, 3.63) is 179 Å². The number of hydrogen-bond acceptors (Lipinski definition) is 6. The van der Waals surface area contributed by atoms with E-state index in [1.54, 1.807) is 0 Å². The van der Waals surface area contributed by atoms with Crippen LogP contribution in [0.25, 0.3) is 33.1 Å². The normalized spacial score (nSPS) is 21.2. The SMILES string of the molecule is C1=CCC2C(=C1)N(c1cccc(-c3ccc4oc5c(c4c3)CC(c3cccc(N4C6=NC7=C(CCC=C7)[C@@H](CC6)c6ccccc64)c3)C=N5)c1)c1nc3ccccc3n12. The maximum absolute atomic E-state index is 6.39. The van der Waals surface area contributed by atoms with Gasteiger partial charge in [0.2, 0.25) is 11.8 Å². The van der Waals surface area contributed by atoms with Crippen LogP contribution < -0.4 is 9.80 Å². The second-order valence-corrected chi connectivity index (χ2v) is 16.6. The lowest BCUT2D eigenvalue weighted by molar-refractivity contribution is 0.615. The Morgan fingerprint density at radius 2 is 1.64 bits per heavy atom. The predicted octanol–water partition coefficient (Wildman–Crippen LogP) is 13.1. The Morgan fingerprint density at radius 1 is 0.763 bits per heavy atom. The average Bonchev–Trinajstić information content (AvgIpc) is 3.86. The van der Waals surface area contributed by atoms with Crippen molar-refractivity contribution in [2.24, 2.45) is 9.98 Å². The molecule has 2 unspecified atom stereocenters. The number of amidine groups is 1. The van der Waals surface area contributed by atoms with E-state index in [1.807, 2.05) is 0 Å². The van der Waals surface area contributed by atoms with E-state index in [2.05, 4.69) is 166 Å². The zero-order valence-electron chi connectivity index (χ0n) is 32.5. The summed E-state index contributed by atoms with van der Waals surface area (Å²) >= 11 is 0. The maximum atomic E-state index is 6.39. The summed E-state index contributed by atoms with van der Waals surface area (Å²) in [6.07, 6.45) is 19.3. The van der Waals surface area contributed by atoms with Gasteiger partial charge in [0, 0.05) is 52.5 Å². The molecule has 7 aromatic rings. The summed E-state index contributed by atoms with van der Waals surface area (Å²) in [6.45, 7) is 0. The van der Waals surface area contributed by atoms with Gasteiger partial charge >= 0.3 is 0 Å². The van der Waals surface area contributed by atoms with Crippen LogP contribution in [0, 0.1) is 0 Å². The van der Waals surface area contributed by atoms with Gasteiger partial charge in [0.05, 0.1) is 28.5 Å². The minimum atomic E-state index is 0.106. The second kappa shape index (κ2) is 12.8. The van der Waals surface area contributed by atoms with E-state index in [0.717, 1.165) is 94.9 Å². The molecule has 0 radical (unpaired) electrons. The summed E-state index contributed by atoms with van der Waals surface area (Å²) in [7, 11) is 0. The molecule has 2 aromatic heterocycles. The second-order valence-electron chi connectivity index (χ2n) is 16.6. The van der Waals surface area contributed by atoms with Crippen LogP contribution in [0.15, 0.2) is 177 Å². The van der Waals surface area contributed by atoms with Crippen molar-refractivity contribution in [3.63, 3.8) is 0 Å². The van der Waals surface area contributed by atoms with Crippen LogP contribution in [0.1, 0.15) is 66.7 Å². The van der Waals surface area contributed by atoms with Crippen LogP contribution in [0.2, 0.25) is 0 Å². The maximum Gasteiger partial charge on any atom is 0.222 e. The number of fused-ring (bicyclic) bond motifs is 14. The molecule has 0 amide bonds. The summed E-state index contributed by atoms with van der Waals surface area (Å²) in [6, 6.07) is 42.2. The minimum Gasteiger partial charge on any atom is -0.438 e. The molecule has 7 nitrogen and oxygen atoms in total. The van der Waals surface area contributed by atoms with E-state index in [9.17, 15) is 0 Å². The summed E-state index contributed by atoms with van der Waals surface area (Å²) in [5.41, 5.74) is 16.6. The summed E-state index contributed by atoms with van der Waals surface area (Å²) in [5, 5.41) is 1.12. The number of para-hydroxylation sites is 3. The molecule has 0 spiro atoms. The molecule has 59 heavy (non-hydrogen) atoms. The van der Waals surface area contributed by atoms with Crippen molar-refractivity contribution in [1.29, 1.82) is 0 Å². The fourth-order valence-corrected chi connectivity index (χ4v) is 10.6. The topological polar surface area (TPSA) is 62.2 Å². The van der Waals surface area contributed by atoms with Crippen LogP contribution >= 0.6 is 0 Å². The fourth-order valence-electron chi connectivity index (χ4n) is 10.6. The number of hydrogen-bond donors (Lipinski definition) is 0. The van der Waals surface area contributed by atoms with Crippen LogP contribution in [-0.2, 0) is 6.42 Å². The van der Waals surface area contributed by atoms with Gasteiger partial charge in [0.1, 0.15) is 11.4 Å². The summed E-state index contributed by atoms with van der Waals surface area (Å²) in [5.74, 6) is 3.32. The standard InChI is InChI=1S/C52H40N6O/c1-3-17-43-39(15-1)38-24-26-50(54-43)56(45-19-5-2-16-40(38)45)36-13-10-12-33(28-36)35-30-42-41-29-34(23-25-49(41)59-51(42)53-31-35)32-11-9-14-37(27-32)57-47-21-7-8-22-48(47)58-46-20-6-4-18-44(46)55-52(57)58/h2-14,16-21,23,25,27-29,31,35,38,48H,1,15,22,24,26,30H2/t35?,38-,48?/m1/s1. The Bertz CT molecular complexity index is 3110. The number of anilines is 4. The van der Waals surface area contributed by atoms with Gasteiger partial charge in [-0.05, 0) is 127 Å². The summed E-state index contributed by atoms with van der Waals surface area (Å²) in [4.78, 5) is 20.2. The molecule has 0 fully saturated rings. The third-order valence-electron chi connectivity index (χ3n) is 13.3. The molecule has 0 saturated carbocycles. The predicted molar refractivity (Wildman–Crippen MR) is 239 cm³/mol. The molecule has 284 valence electrons. The lowest BCUT2D eigenvalue weighted by Gasteiger charge is -2.31. The van der Waals surface area contributed by atoms with Crippen molar-refractivity contribution in [1.82, 2.24) is 9.55 Å². The highest BCUT2D eigenvalue weighted by Gasteiger charge is 2.38. The highest BCUT2D eigenvalue weighted by Crippen LogP contribution is 2.50. The van der Waals surface area contributed by atoms with E-state index >= 15 is 0 Å². The third-order valence-corrected chi connectivity index (χ3v) is 13.3. The van der Waals surface area contributed by atoms with Gasteiger partial charge in [-0.2, -0.15) is 0 Å². The fraction of sp³-hybridized carbons (Fsp3) is 0.173. The van der Waals surface area contributed by atoms with Crippen molar-refractivity contribution in [3.8, 4) is 11.1 Å². The van der Waals surface area contributed by atoms with Crippen LogP contribution in [0.5, 0.6) is 0 Å². The quantitative estimate of drug-likeness (QED) is 0.179. The molecule has 3 atom stereocenters. The zero-order chi connectivity index (χ0) is 38.6. The first-order chi connectivity index (χ1) is 29.2. The van der Waals surface area contributed by atoms with Crippen LogP contribution in [0.3, 0.4) is 0 Å². The molecule has 7 heteroatoms. The molecule has 13 rings (SSSR count). The summed E-state index contributed by atoms with van der Waals surface area (Å²) < 4.78 is 8.80. The van der Waals surface area contributed by atoms with E-state index in [0.29, 0.717) is 11.8 Å². The number of benzene rings is 5. The van der Waals surface area contributed by atoms with E-state index in [1.165, 1.54) is 39.3 Å². The van der Waals surface area contributed by atoms with Gasteiger partial charge in [-0.25, -0.2) is 15.0 Å². The van der Waals surface area contributed by atoms with E-state index < -0.39 is 0 Å². The first kappa shape index (κ1) is 33.0. The molecular formula is C52H40N6O. The van der Waals surface area contributed by atoms with Crippen molar-refractivity contribution >= 4 is 62.9 Å². The monoisotopic (exact) mass is 764 g/mol. The van der Waals surface area contributed by atoms with E-state index in [4.69, 9.17) is 19.4 Å². The first-order valence-corrected chi connectivity index (χ1v) is 21.0. The van der Waals surface area contributed by atoms with Crippen molar-refractivity contribution in [2.75, 3.05) is 9.80 Å². The molecule has 0 N–H and O–H groups in total. The Kier molecular flexibility index (Phi) is 7.14. The lowest BCUT2D eigenvalue weighted by atomic mass is 9.82. The number of allylic oxidation sites excluding steroid dienone is 7. The van der Waals surface area contributed by atoms with E-state index in [-0.39, 0.29) is 12.0 Å². The zero-order valence-corrected chi connectivity index (χ0v) is 32.5. The number of rotatable bonds is 4. The lowest BCUT2D eigenvalue weighted by Crippen LogP contribution is -2.26. The minimum absolute atomic E-state index is 0.106. The van der Waals surface area contributed by atoms with Gasteiger partial charge in [0.15, 0.2) is 0 Å². The highest BCUT2D eigenvalue weighted by atomic mass is 16.3. The number of aliphatic imine (C=N–C) groups is 2. The Morgan fingerprint density at radius 3 is 2.63 bits per heavy atom. The van der Waals surface area contributed by atoms with Crippen molar-refractivity contribution < 1.29 is 4.42 Å². The first-order valence-electron chi connectivity index (χ1n) is 21.0. The molecular weight excluding hydrogens is 725 g/mol. The molecule has 0 saturated heterocycles. The van der Waals surface area contributed by atoms with Crippen molar-refractivity contribution in [2.45, 2.75) is 56.4 Å². The molecule has 2 aliphatic carbocycles. The largest absolute Gasteiger partial charge is 0.438 e. The number of aromatic nitrogens is 2. The Hall–Kier alpha value is -6.99. The number of nitrogens with zero attached hydrogens (tertiary/aromatic N) is 6. The Balaban J connectivity index is 0.843. The van der Waals surface area contributed by atoms with Gasteiger partial charge in [-0.3, -0.25) is 9.80 Å². The van der Waals surface area contributed by atoms with Gasteiger partial charge in [-0.15, -0.1) is 0 Å². The van der Waals surface area contributed by atoms with Gasteiger partial charge in [-0.1, -0.05) is 78.9 Å². The molecule has 4 aliphatic heterocycles. The highest BCUT2D eigenvalue weighted by molar-refractivity contribution is 6.07. The molecule has 5 aromatic carbocycles. The molecule has 2 bridgehead atoms. The van der Waals surface area contributed by atoms with Crippen LogP contribution in [0.4, 0.5) is 28.9 Å². The van der Waals surface area contributed by atoms with Gasteiger partial charge < -0.3 is 8.98 Å². The average molecular weight is 765 g/mol. The molecule has 6 aliphatic rings. The smallest absolute Gasteiger partial charge is 0.222 e. The van der Waals surface area contributed by atoms with Crippen LogP contribution in [-0.4, -0.2) is 21.6 Å². The third kappa shape index (κ3) is 5.03. The Labute approximate surface area is 342 Å². The van der Waals surface area contributed by atoms with Gasteiger partial charge in [0.25, 0.3) is 0 Å². The molecule has 6 heterocycles.